The van der Waals surface area contributed by atoms with E-state index in [1.807, 2.05) is 36.7 Å². The molecule has 10 nitrogen and oxygen atoms in total. The van der Waals surface area contributed by atoms with E-state index in [1.54, 1.807) is 13.8 Å². The number of aromatic nitrogens is 1. The van der Waals surface area contributed by atoms with Gasteiger partial charge in [0.25, 0.3) is 0 Å². The van der Waals surface area contributed by atoms with Gasteiger partial charge in [-0.25, -0.2) is 4.79 Å². The molecule has 3 rings (SSSR count). The number of amides is 3. The number of nitrogens with one attached hydrogen (secondary N) is 3. The zero-order valence-electron chi connectivity index (χ0n) is 21.5. The molecule has 202 valence electrons. The van der Waals surface area contributed by atoms with Gasteiger partial charge in [0, 0.05) is 23.6 Å². The third-order valence-corrected chi connectivity index (χ3v) is 7.39. The molecule has 11 heteroatoms. The van der Waals surface area contributed by atoms with Gasteiger partial charge in [-0.1, -0.05) is 32.0 Å². The van der Waals surface area contributed by atoms with E-state index in [0.717, 1.165) is 16.5 Å². The lowest BCUT2D eigenvalue weighted by atomic mass is 10.0. The SMILES string of the molecule is CSCCC(NC(=O)C(N)Cc1c[nH]c2ccccc12)C(=O)NC(C(=O)N1CCCC1C(=O)O)C(C)C. The quantitative estimate of drug-likeness (QED) is 0.278. The Labute approximate surface area is 221 Å². The number of carbonyl (C=O) groups excluding carboxylic acids is 3. The van der Waals surface area contributed by atoms with Crippen LogP contribution in [-0.4, -0.2) is 81.4 Å². The molecule has 3 amide bonds. The summed E-state index contributed by atoms with van der Waals surface area (Å²) in [5.41, 5.74) is 8.08. The van der Waals surface area contributed by atoms with E-state index in [9.17, 15) is 24.3 Å². The van der Waals surface area contributed by atoms with Gasteiger partial charge in [-0.15, -0.1) is 0 Å². The molecule has 0 saturated carbocycles. The first-order valence-electron chi connectivity index (χ1n) is 12.6. The molecule has 37 heavy (non-hydrogen) atoms. The molecule has 0 spiro atoms. The highest BCUT2D eigenvalue weighted by Gasteiger charge is 2.39. The smallest absolute Gasteiger partial charge is 0.326 e. The third kappa shape index (κ3) is 7.04. The lowest BCUT2D eigenvalue weighted by molar-refractivity contribution is -0.150. The van der Waals surface area contributed by atoms with Gasteiger partial charge in [0.05, 0.1) is 6.04 Å². The first-order valence-corrected chi connectivity index (χ1v) is 14.0. The molecule has 4 unspecified atom stereocenters. The summed E-state index contributed by atoms with van der Waals surface area (Å²) >= 11 is 1.54. The number of benzene rings is 1. The van der Waals surface area contributed by atoms with E-state index >= 15 is 0 Å². The topological polar surface area (TPSA) is 158 Å². The second-order valence-electron chi connectivity index (χ2n) is 9.77. The Morgan fingerprint density at radius 1 is 1.19 bits per heavy atom. The standard InChI is InChI=1S/C26H37N5O5S/c1-15(2)22(25(34)31-11-6-9-21(31)26(35)36)30-24(33)20(10-12-37-3)29-23(32)18(27)13-16-14-28-19-8-5-4-7-17(16)19/h4-5,7-8,14-15,18,20-22,28H,6,9-13,27H2,1-3H3,(H,29,32)(H,30,33)(H,35,36). The molecule has 1 aromatic heterocycles. The second-order valence-corrected chi connectivity index (χ2v) is 10.8. The maximum Gasteiger partial charge on any atom is 0.326 e. The minimum atomic E-state index is -1.05. The molecular formula is C26H37N5O5S. The van der Waals surface area contributed by atoms with Gasteiger partial charge >= 0.3 is 5.97 Å². The first-order chi connectivity index (χ1) is 17.6. The Balaban J connectivity index is 1.68. The van der Waals surface area contributed by atoms with E-state index in [2.05, 4.69) is 15.6 Å². The fraction of sp³-hybridized carbons (Fsp3) is 0.538. The third-order valence-electron chi connectivity index (χ3n) is 6.75. The Morgan fingerprint density at radius 2 is 1.92 bits per heavy atom. The van der Waals surface area contributed by atoms with Crippen molar-refractivity contribution in [3.8, 4) is 0 Å². The molecule has 0 radical (unpaired) electrons. The fourth-order valence-corrected chi connectivity index (χ4v) is 5.12. The number of para-hydroxylation sites is 1. The van der Waals surface area contributed by atoms with E-state index in [0.29, 0.717) is 38.0 Å². The van der Waals surface area contributed by atoms with Crippen molar-refractivity contribution in [2.45, 2.75) is 63.7 Å². The predicted octanol–water partition coefficient (Wildman–Crippen LogP) is 1.49. The minimum Gasteiger partial charge on any atom is -0.480 e. The highest BCUT2D eigenvalue weighted by molar-refractivity contribution is 7.98. The van der Waals surface area contributed by atoms with Crippen molar-refractivity contribution in [2.75, 3.05) is 18.6 Å². The van der Waals surface area contributed by atoms with Gasteiger partial charge < -0.3 is 31.4 Å². The monoisotopic (exact) mass is 531 g/mol. The normalized spacial score (nSPS) is 18.0. The van der Waals surface area contributed by atoms with Crippen molar-refractivity contribution in [1.29, 1.82) is 0 Å². The highest BCUT2D eigenvalue weighted by atomic mass is 32.2. The lowest BCUT2D eigenvalue weighted by Crippen LogP contribution is -2.58. The van der Waals surface area contributed by atoms with Gasteiger partial charge in [0.15, 0.2) is 0 Å². The van der Waals surface area contributed by atoms with Crippen LogP contribution in [0, 0.1) is 5.92 Å². The molecule has 1 aromatic carbocycles. The number of carbonyl (C=O) groups is 4. The Bertz CT molecular complexity index is 1120. The van der Waals surface area contributed by atoms with Crippen molar-refractivity contribution >= 4 is 46.4 Å². The first kappa shape index (κ1) is 28.5. The number of carboxylic acid groups (broad SMARTS) is 1. The molecule has 1 aliphatic rings. The average molecular weight is 532 g/mol. The van der Waals surface area contributed by atoms with Gasteiger partial charge in [-0.2, -0.15) is 11.8 Å². The number of hydrogen-bond donors (Lipinski definition) is 5. The summed E-state index contributed by atoms with van der Waals surface area (Å²) in [6.45, 7) is 3.92. The Morgan fingerprint density at radius 3 is 2.59 bits per heavy atom. The molecule has 1 fully saturated rings. The molecule has 1 aliphatic heterocycles. The van der Waals surface area contributed by atoms with Gasteiger partial charge in [0.2, 0.25) is 17.7 Å². The number of hydrogen-bond acceptors (Lipinski definition) is 6. The van der Waals surface area contributed by atoms with Crippen LogP contribution in [0.4, 0.5) is 0 Å². The summed E-state index contributed by atoms with van der Waals surface area (Å²) in [6.07, 6.45) is 5.38. The zero-order valence-corrected chi connectivity index (χ0v) is 22.3. The molecular weight excluding hydrogens is 494 g/mol. The van der Waals surface area contributed by atoms with Crippen LogP contribution in [0.2, 0.25) is 0 Å². The number of rotatable bonds is 12. The second kappa shape index (κ2) is 13.0. The van der Waals surface area contributed by atoms with Crippen LogP contribution >= 0.6 is 11.8 Å². The molecule has 2 aromatic rings. The average Bonchev–Trinajstić information content (AvgIpc) is 3.52. The summed E-state index contributed by atoms with van der Waals surface area (Å²) < 4.78 is 0. The fourth-order valence-electron chi connectivity index (χ4n) is 4.65. The summed E-state index contributed by atoms with van der Waals surface area (Å²) in [5, 5.41) is 16.0. The number of carboxylic acids is 1. The molecule has 1 saturated heterocycles. The number of aromatic amines is 1. The number of thioether (sulfide) groups is 1. The van der Waals surface area contributed by atoms with Gasteiger partial charge in [-0.05, 0) is 55.2 Å². The van der Waals surface area contributed by atoms with Crippen LogP contribution in [0.3, 0.4) is 0 Å². The number of nitrogens with zero attached hydrogens (tertiary/aromatic N) is 1. The van der Waals surface area contributed by atoms with E-state index in [4.69, 9.17) is 5.73 Å². The van der Waals surface area contributed by atoms with Crippen LogP contribution in [0.25, 0.3) is 10.9 Å². The van der Waals surface area contributed by atoms with Crippen LogP contribution in [0.15, 0.2) is 30.5 Å². The maximum absolute atomic E-state index is 13.3. The van der Waals surface area contributed by atoms with Crippen molar-refractivity contribution in [2.24, 2.45) is 11.7 Å². The predicted molar refractivity (Wildman–Crippen MR) is 144 cm³/mol. The van der Waals surface area contributed by atoms with Gasteiger partial charge in [0.1, 0.15) is 18.1 Å². The van der Waals surface area contributed by atoms with Crippen molar-refractivity contribution in [3.63, 3.8) is 0 Å². The molecule has 0 aliphatic carbocycles. The van der Waals surface area contributed by atoms with Crippen LogP contribution < -0.4 is 16.4 Å². The Kier molecular flexibility index (Phi) is 9.99. The van der Waals surface area contributed by atoms with Crippen LogP contribution in [0.5, 0.6) is 0 Å². The summed E-state index contributed by atoms with van der Waals surface area (Å²) in [6, 6.07) is 4.20. The number of fused-ring (bicyclic) bond motifs is 1. The van der Waals surface area contributed by atoms with Gasteiger partial charge in [-0.3, -0.25) is 14.4 Å². The van der Waals surface area contributed by atoms with Crippen LogP contribution in [-0.2, 0) is 25.6 Å². The number of nitrogens with two attached hydrogens (primary N) is 1. The maximum atomic E-state index is 13.3. The van der Waals surface area contributed by atoms with Crippen molar-refractivity contribution < 1.29 is 24.3 Å². The van der Waals surface area contributed by atoms with Crippen molar-refractivity contribution in [3.05, 3.63) is 36.0 Å². The van der Waals surface area contributed by atoms with E-state index in [-0.39, 0.29) is 5.92 Å². The van der Waals surface area contributed by atoms with Crippen LogP contribution in [0.1, 0.15) is 38.7 Å². The largest absolute Gasteiger partial charge is 0.480 e. The number of H-pyrrole nitrogens is 1. The summed E-state index contributed by atoms with van der Waals surface area (Å²) in [7, 11) is 0. The molecule has 6 N–H and O–H groups in total. The molecule has 0 bridgehead atoms. The lowest BCUT2D eigenvalue weighted by Gasteiger charge is -2.30. The number of likely N-dealkylation sites (tertiary alicyclic amines) is 1. The number of aliphatic carboxylic acids is 1. The highest BCUT2D eigenvalue weighted by Crippen LogP contribution is 2.21. The Hall–Kier alpha value is -3.05. The van der Waals surface area contributed by atoms with E-state index in [1.165, 1.54) is 16.7 Å². The zero-order chi connectivity index (χ0) is 27.1. The minimum absolute atomic E-state index is 0.271. The summed E-state index contributed by atoms with van der Waals surface area (Å²) in [4.78, 5) is 55.6. The van der Waals surface area contributed by atoms with Crippen molar-refractivity contribution in [1.82, 2.24) is 20.5 Å². The molecule has 2 heterocycles. The summed E-state index contributed by atoms with van der Waals surface area (Å²) in [5.74, 6) is -2.06. The van der Waals surface area contributed by atoms with E-state index < -0.39 is 47.9 Å². The molecule has 4 atom stereocenters.